The van der Waals surface area contributed by atoms with Crippen molar-refractivity contribution < 1.29 is 23.5 Å². The van der Waals surface area contributed by atoms with Crippen LogP contribution in [0.5, 0.6) is 0 Å². The monoisotopic (exact) mass is 334 g/mol. The number of hydrogen-bond donors (Lipinski definition) is 1. The second-order valence-electron chi connectivity index (χ2n) is 6.08. The summed E-state index contributed by atoms with van der Waals surface area (Å²) < 4.78 is 23.7. The minimum absolute atomic E-state index is 0.200. The van der Waals surface area contributed by atoms with Crippen molar-refractivity contribution in [3.05, 3.63) is 35.6 Å². The van der Waals surface area contributed by atoms with Crippen molar-refractivity contribution in [1.29, 1.82) is 0 Å². The molecule has 24 heavy (non-hydrogen) atoms. The van der Waals surface area contributed by atoms with Gasteiger partial charge in [-0.3, -0.25) is 10.2 Å². The summed E-state index contributed by atoms with van der Waals surface area (Å²) in [6, 6.07) is 4.83. The van der Waals surface area contributed by atoms with Crippen molar-refractivity contribution in [2.45, 2.75) is 44.4 Å². The van der Waals surface area contributed by atoms with Crippen molar-refractivity contribution in [3.8, 4) is 0 Å². The summed E-state index contributed by atoms with van der Waals surface area (Å²) in [7, 11) is 0. The molecule has 0 saturated carbocycles. The second kappa shape index (κ2) is 5.98. The van der Waals surface area contributed by atoms with Gasteiger partial charge in [0.15, 0.2) is 11.6 Å². The molecule has 1 aromatic carbocycles. The molecule has 0 amide bonds. The first-order valence-corrected chi connectivity index (χ1v) is 7.86. The largest absolute Gasteiger partial charge is 0.464 e. The molecule has 0 aromatic heterocycles. The second-order valence-corrected chi connectivity index (χ2v) is 6.08. The molecular formula is C17H19FN2O4. The Bertz CT molecular complexity index is 703. The van der Waals surface area contributed by atoms with Crippen LogP contribution in [0.4, 0.5) is 4.39 Å². The Labute approximate surface area is 139 Å². The van der Waals surface area contributed by atoms with Gasteiger partial charge in [-0.15, -0.1) is 0 Å². The molecule has 3 rings (SSSR count). The average molecular weight is 334 g/mol. The van der Waals surface area contributed by atoms with Crippen LogP contribution in [-0.2, 0) is 19.1 Å². The lowest BCUT2D eigenvalue weighted by molar-refractivity contribution is -0.145. The zero-order valence-electron chi connectivity index (χ0n) is 13.7. The van der Waals surface area contributed by atoms with Gasteiger partial charge in [0.2, 0.25) is 5.78 Å². The Hall–Kier alpha value is -2.28. The first-order valence-electron chi connectivity index (χ1n) is 7.86. The van der Waals surface area contributed by atoms with Crippen LogP contribution >= 0.6 is 0 Å². The third-order valence-electron chi connectivity index (χ3n) is 4.55. The van der Waals surface area contributed by atoms with Crippen molar-refractivity contribution in [1.82, 2.24) is 5.43 Å². The van der Waals surface area contributed by atoms with Crippen LogP contribution in [-0.4, -0.2) is 41.8 Å². The maximum atomic E-state index is 13.2. The molecule has 0 spiro atoms. The molecule has 0 bridgehead atoms. The van der Waals surface area contributed by atoms with Gasteiger partial charge < -0.3 is 9.47 Å². The van der Waals surface area contributed by atoms with Crippen LogP contribution in [0.2, 0.25) is 0 Å². The van der Waals surface area contributed by atoms with E-state index in [-0.39, 0.29) is 24.2 Å². The molecule has 0 aliphatic carbocycles. The number of ketones is 1. The van der Waals surface area contributed by atoms with Crippen LogP contribution in [0, 0.1) is 5.82 Å². The van der Waals surface area contributed by atoms with E-state index in [1.54, 1.807) is 32.9 Å². The van der Waals surface area contributed by atoms with Gasteiger partial charge in [-0.25, -0.2) is 9.18 Å². The molecule has 2 unspecified atom stereocenters. The molecule has 6 nitrogen and oxygen atoms in total. The SMILES string of the molecule is CCOC(=O)[C@@H]1NN=C(C(=O)C2(C)OC2C)[C@H]1c1ccc(F)cc1. The number of Topliss-reactive ketones (excluding diaryl/α,β-unsaturated/α-hetero) is 1. The summed E-state index contributed by atoms with van der Waals surface area (Å²) in [4.78, 5) is 25.0. The third-order valence-corrected chi connectivity index (χ3v) is 4.55. The lowest BCUT2D eigenvalue weighted by Gasteiger charge is -2.20. The van der Waals surface area contributed by atoms with Crippen LogP contribution in [0.15, 0.2) is 29.4 Å². The van der Waals surface area contributed by atoms with E-state index in [0.717, 1.165) is 0 Å². The van der Waals surface area contributed by atoms with Crippen LogP contribution in [0.1, 0.15) is 32.3 Å². The molecule has 1 fully saturated rings. The number of halogens is 1. The topological polar surface area (TPSA) is 80.3 Å². The number of nitrogens with one attached hydrogen (secondary N) is 1. The van der Waals surface area contributed by atoms with E-state index in [4.69, 9.17) is 9.47 Å². The number of hydrogen-bond acceptors (Lipinski definition) is 6. The Balaban J connectivity index is 1.94. The lowest BCUT2D eigenvalue weighted by atomic mass is 9.83. The number of esters is 1. The minimum Gasteiger partial charge on any atom is -0.464 e. The number of rotatable bonds is 5. The molecule has 1 aromatic rings. The molecule has 2 aliphatic heterocycles. The highest BCUT2D eigenvalue weighted by molar-refractivity contribution is 6.46. The summed E-state index contributed by atoms with van der Waals surface area (Å²) in [6.07, 6.45) is -0.205. The number of ether oxygens (including phenoxy) is 2. The number of hydrazone groups is 1. The molecule has 7 heteroatoms. The predicted molar refractivity (Wildman–Crippen MR) is 84.1 cm³/mol. The predicted octanol–water partition coefficient (Wildman–Crippen LogP) is 1.55. The number of carbonyl (C=O) groups excluding carboxylic acids is 2. The van der Waals surface area contributed by atoms with Crippen LogP contribution in [0.3, 0.4) is 0 Å². The summed E-state index contributed by atoms with van der Waals surface area (Å²) in [6.45, 7) is 5.42. The number of epoxide rings is 1. The van der Waals surface area contributed by atoms with Gasteiger partial charge in [0.25, 0.3) is 0 Å². The van der Waals surface area contributed by atoms with Gasteiger partial charge in [-0.2, -0.15) is 5.10 Å². The van der Waals surface area contributed by atoms with Gasteiger partial charge in [-0.1, -0.05) is 12.1 Å². The van der Waals surface area contributed by atoms with E-state index in [0.29, 0.717) is 5.56 Å². The fourth-order valence-electron chi connectivity index (χ4n) is 2.90. The maximum absolute atomic E-state index is 13.2. The van der Waals surface area contributed by atoms with E-state index in [1.165, 1.54) is 12.1 Å². The van der Waals surface area contributed by atoms with E-state index in [9.17, 15) is 14.0 Å². The maximum Gasteiger partial charge on any atom is 0.331 e. The number of benzene rings is 1. The van der Waals surface area contributed by atoms with Crippen molar-refractivity contribution in [2.75, 3.05) is 6.61 Å². The van der Waals surface area contributed by atoms with Crippen molar-refractivity contribution in [3.63, 3.8) is 0 Å². The minimum atomic E-state index is -0.928. The van der Waals surface area contributed by atoms with E-state index >= 15 is 0 Å². The molecule has 2 heterocycles. The van der Waals surface area contributed by atoms with E-state index < -0.39 is 29.3 Å². The van der Waals surface area contributed by atoms with Crippen LogP contribution < -0.4 is 5.43 Å². The van der Waals surface area contributed by atoms with E-state index in [2.05, 4.69) is 10.5 Å². The zero-order valence-corrected chi connectivity index (χ0v) is 13.7. The Morgan fingerprint density at radius 3 is 2.54 bits per heavy atom. The van der Waals surface area contributed by atoms with Gasteiger partial charge in [0.05, 0.1) is 18.6 Å². The quantitative estimate of drug-likeness (QED) is 0.653. The molecule has 2 aliphatic rings. The van der Waals surface area contributed by atoms with Crippen molar-refractivity contribution >= 4 is 17.5 Å². The third kappa shape index (κ3) is 2.69. The van der Waals surface area contributed by atoms with Gasteiger partial charge in [-0.05, 0) is 38.5 Å². The highest BCUT2D eigenvalue weighted by Gasteiger charge is 2.59. The number of carbonyl (C=O) groups is 2. The fourth-order valence-corrected chi connectivity index (χ4v) is 2.90. The molecular weight excluding hydrogens is 315 g/mol. The molecule has 4 atom stereocenters. The average Bonchev–Trinajstić information content (AvgIpc) is 2.99. The molecule has 0 radical (unpaired) electrons. The Morgan fingerprint density at radius 2 is 2.00 bits per heavy atom. The number of nitrogens with zero attached hydrogens (tertiary/aromatic N) is 1. The normalized spacial score (nSPS) is 31.2. The van der Waals surface area contributed by atoms with Gasteiger partial charge in [0.1, 0.15) is 11.5 Å². The summed E-state index contributed by atoms with van der Waals surface area (Å²) >= 11 is 0. The summed E-state index contributed by atoms with van der Waals surface area (Å²) in [5.74, 6) is -1.82. The summed E-state index contributed by atoms with van der Waals surface area (Å²) in [5, 5.41) is 4.08. The first kappa shape index (κ1) is 16.6. The van der Waals surface area contributed by atoms with E-state index in [1.807, 2.05) is 0 Å². The molecule has 128 valence electrons. The fraction of sp³-hybridized carbons (Fsp3) is 0.471. The standard InChI is InChI=1S/C17H19FN2O4/c1-4-23-16(22)14-12(10-5-7-11(18)8-6-10)13(19-20-14)15(21)17(3)9(2)24-17/h5-9,12,14,20H,4H2,1-3H3/t9?,12-,14-,17?/m1/s1. The Kier molecular flexibility index (Phi) is 4.13. The van der Waals surface area contributed by atoms with Crippen LogP contribution in [0.25, 0.3) is 0 Å². The smallest absolute Gasteiger partial charge is 0.331 e. The first-order chi connectivity index (χ1) is 11.4. The summed E-state index contributed by atoms with van der Waals surface area (Å²) in [5.41, 5.74) is 2.58. The highest BCUT2D eigenvalue weighted by Crippen LogP contribution is 2.40. The van der Waals surface area contributed by atoms with Gasteiger partial charge >= 0.3 is 5.97 Å². The highest BCUT2D eigenvalue weighted by atomic mass is 19.1. The van der Waals surface area contributed by atoms with Crippen molar-refractivity contribution in [2.24, 2.45) is 5.10 Å². The molecule has 1 saturated heterocycles. The lowest BCUT2D eigenvalue weighted by Crippen LogP contribution is -2.41. The zero-order chi connectivity index (χ0) is 17.5. The molecule has 1 N–H and O–H groups in total. The van der Waals surface area contributed by atoms with Gasteiger partial charge in [0, 0.05) is 0 Å². The Morgan fingerprint density at radius 1 is 1.38 bits per heavy atom.